The van der Waals surface area contributed by atoms with Crippen molar-refractivity contribution < 1.29 is 45.5 Å². The Labute approximate surface area is 467 Å². The lowest BCUT2D eigenvalue weighted by atomic mass is 9.94. The number of nitrogens with one attached hydrogen (secondary N) is 4. The summed E-state index contributed by atoms with van der Waals surface area (Å²) >= 11 is 0. The van der Waals surface area contributed by atoms with Gasteiger partial charge in [0, 0.05) is 12.8 Å². The van der Waals surface area contributed by atoms with Crippen molar-refractivity contribution >= 4 is 72.2 Å². The van der Waals surface area contributed by atoms with Crippen LogP contribution in [0, 0.1) is 23.7 Å². The first kappa shape index (κ1) is 62.0. The standard InChI is InChI=1S/C62H79N4O10PS2/c1-41(2)55(65-57(67)49(39-78(73,74)61(5,6)7)37-47-31-21-29-45-27-17-19-33-51(45)47)59(69)63-53(35-43-23-13-11-14-24-43)77(71,72)54(36-44-25-15-12-16-26-44)64-60(70)56(42(3)4)66-58(68)50(40-79(75,76)62(8,9)10)38-48-32-22-30-46-28-18-20-34-52(46)48/h11-34,41-42,49-50,53-56H,35-40H2,1-10H3,(H,63,69)(H,64,70)(H,65,67)(H,66,68)(H,71,72)/t49-,50-,53-,54-,55+,56+/m1/s1. The van der Waals surface area contributed by atoms with E-state index in [1.807, 2.05) is 84.9 Å². The summed E-state index contributed by atoms with van der Waals surface area (Å²) in [6.07, 6.45) is -0.291. The molecule has 0 spiro atoms. The molecule has 0 aromatic heterocycles. The summed E-state index contributed by atoms with van der Waals surface area (Å²) in [5, 5.41) is 14.9. The van der Waals surface area contributed by atoms with Crippen LogP contribution in [-0.2, 0) is 69.1 Å². The van der Waals surface area contributed by atoms with Gasteiger partial charge in [-0.25, -0.2) is 16.8 Å². The van der Waals surface area contributed by atoms with Gasteiger partial charge < -0.3 is 26.2 Å². The van der Waals surface area contributed by atoms with Crippen LogP contribution in [0.3, 0.4) is 0 Å². The maximum Gasteiger partial charge on any atom is 0.244 e. The van der Waals surface area contributed by atoms with Gasteiger partial charge in [0.1, 0.15) is 23.6 Å². The lowest BCUT2D eigenvalue weighted by Crippen LogP contribution is -2.56. The van der Waals surface area contributed by atoms with E-state index in [9.17, 15) is 40.9 Å². The monoisotopic (exact) mass is 1130 g/mol. The van der Waals surface area contributed by atoms with Gasteiger partial charge in [-0.3, -0.25) is 23.7 Å². The fraction of sp³-hybridized carbons (Fsp3) is 0.419. The molecule has 0 heterocycles. The van der Waals surface area contributed by atoms with E-state index in [1.165, 1.54) is 0 Å². The Kier molecular flexibility index (Phi) is 20.4. The van der Waals surface area contributed by atoms with Gasteiger partial charge in [0.05, 0.1) is 32.8 Å². The second-order valence-corrected chi connectivity index (χ2v) is 31.6. The van der Waals surface area contributed by atoms with Crippen molar-refractivity contribution in [3.8, 4) is 0 Å². The van der Waals surface area contributed by atoms with E-state index in [1.54, 1.807) is 130 Å². The van der Waals surface area contributed by atoms with Gasteiger partial charge in [-0.15, -0.1) is 0 Å². The van der Waals surface area contributed by atoms with Gasteiger partial charge in [-0.1, -0.05) is 173 Å². The van der Waals surface area contributed by atoms with Crippen LogP contribution < -0.4 is 21.3 Å². The Morgan fingerprint density at radius 2 is 0.759 bits per heavy atom. The Morgan fingerprint density at radius 1 is 0.443 bits per heavy atom. The third kappa shape index (κ3) is 16.0. The second kappa shape index (κ2) is 25.9. The minimum absolute atomic E-state index is 0.0387. The quantitative estimate of drug-likeness (QED) is 0.0361. The van der Waals surface area contributed by atoms with Crippen molar-refractivity contribution in [3.05, 3.63) is 168 Å². The van der Waals surface area contributed by atoms with Crippen LogP contribution in [0.2, 0.25) is 0 Å². The van der Waals surface area contributed by atoms with Gasteiger partial charge in [-0.2, -0.15) is 0 Å². The van der Waals surface area contributed by atoms with Gasteiger partial charge in [0.15, 0.2) is 19.7 Å². The van der Waals surface area contributed by atoms with Crippen LogP contribution in [0.5, 0.6) is 0 Å². The van der Waals surface area contributed by atoms with Gasteiger partial charge in [0.25, 0.3) is 0 Å². The average molecular weight is 1140 g/mol. The Hall–Kier alpha value is -6.19. The SMILES string of the molecule is CC(C)[C@H](NC(=O)[C@H](Cc1cccc2ccccc12)CS(=O)(=O)C(C)(C)C)C(=O)N[C@@H](Cc1ccccc1)P(=O)(O)[C@H](Cc1ccccc1)NC(=O)[C@@H](NC(=O)[C@H](Cc1cccc2ccccc12)CS(=O)(=O)C(C)(C)C)C(C)C. The van der Waals surface area contributed by atoms with E-state index in [0.29, 0.717) is 11.1 Å². The molecule has 14 nitrogen and oxygen atoms in total. The molecule has 6 atom stereocenters. The fourth-order valence-electron chi connectivity index (χ4n) is 9.52. The molecule has 6 aromatic rings. The summed E-state index contributed by atoms with van der Waals surface area (Å²) < 4.78 is 68.6. The van der Waals surface area contributed by atoms with Crippen molar-refractivity contribution in [1.82, 2.24) is 21.3 Å². The Bertz CT molecular complexity index is 3150. The van der Waals surface area contributed by atoms with E-state index in [2.05, 4.69) is 21.3 Å². The summed E-state index contributed by atoms with van der Waals surface area (Å²) in [6.45, 7) is 16.2. The van der Waals surface area contributed by atoms with Crippen LogP contribution in [-0.4, -0.2) is 90.0 Å². The van der Waals surface area contributed by atoms with Gasteiger partial charge >= 0.3 is 0 Å². The minimum atomic E-state index is -4.88. The van der Waals surface area contributed by atoms with E-state index in [0.717, 1.165) is 32.7 Å². The zero-order valence-electron chi connectivity index (χ0n) is 47.1. The average Bonchev–Trinajstić information content (AvgIpc) is 3.41. The topological polar surface area (TPSA) is 222 Å². The van der Waals surface area contributed by atoms with Gasteiger partial charge in [-0.05, 0) is 110 Å². The minimum Gasteiger partial charge on any atom is -0.344 e. The molecule has 0 fully saturated rings. The zero-order valence-corrected chi connectivity index (χ0v) is 49.6. The molecule has 17 heteroatoms. The largest absolute Gasteiger partial charge is 0.344 e. The van der Waals surface area contributed by atoms with Crippen molar-refractivity contribution in [2.75, 3.05) is 11.5 Å². The van der Waals surface area contributed by atoms with Crippen molar-refractivity contribution in [1.29, 1.82) is 0 Å². The third-order valence-corrected chi connectivity index (χ3v) is 22.5. The molecular weight excluding hydrogens is 1060 g/mol. The third-order valence-electron chi connectivity index (χ3n) is 14.7. The lowest BCUT2D eigenvalue weighted by molar-refractivity contribution is -0.132. The van der Waals surface area contributed by atoms with Crippen LogP contribution >= 0.6 is 7.37 Å². The summed E-state index contributed by atoms with van der Waals surface area (Å²) in [5.74, 6) is -10.6. The molecule has 0 bridgehead atoms. The number of carbonyl (C=O) groups is 4. The normalized spacial score (nSPS) is 14.9. The molecule has 4 amide bonds. The molecule has 6 rings (SSSR count). The fourth-order valence-corrected chi connectivity index (χ4v) is 14.1. The molecule has 79 heavy (non-hydrogen) atoms. The summed E-state index contributed by atoms with van der Waals surface area (Å²) in [5.41, 5.74) is 2.65. The summed E-state index contributed by atoms with van der Waals surface area (Å²) in [4.78, 5) is 71.8. The van der Waals surface area contributed by atoms with Crippen molar-refractivity contribution in [2.24, 2.45) is 23.7 Å². The Balaban J connectivity index is 1.33. The highest BCUT2D eigenvalue weighted by molar-refractivity contribution is 7.93. The van der Waals surface area contributed by atoms with E-state index in [4.69, 9.17) is 0 Å². The van der Waals surface area contributed by atoms with E-state index < -0.39 is 119 Å². The maximum atomic E-state index is 15.7. The predicted octanol–water partition coefficient (Wildman–Crippen LogP) is 9.36. The number of hydrogen-bond donors (Lipinski definition) is 5. The number of hydrogen-bond acceptors (Lipinski definition) is 9. The van der Waals surface area contributed by atoms with E-state index in [-0.39, 0.29) is 25.7 Å². The first-order valence-corrected chi connectivity index (χ1v) is 32.1. The second-order valence-electron chi connectivity index (χ2n) is 23.4. The van der Waals surface area contributed by atoms with Crippen LogP contribution in [0.25, 0.3) is 21.5 Å². The molecule has 0 saturated carbocycles. The van der Waals surface area contributed by atoms with Crippen LogP contribution in [0.1, 0.15) is 91.5 Å². The highest BCUT2D eigenvalue weighted by atomic mass is 32.2. The molecule has 0 aliphatic rings. The molecule has 0 unspecified atom stereocenters. The number of fused-ring (bicyclic) bond motifs is 2. The first-order valence-electron chi connectivity index (χ1n) is 27.0. The van der Waals surface area contributed by atoms with E-state index >= 15 is 4.57 Å². The molecular formula is C62H79N4O10PS2. The predicted molar refractivity (Wildman–Crippen MR) is 317 cm³/mol. The van der Waals surface area contributed by atoms with Crippen LogP contribution in [0.4, 0.5) is 0 Å². The van der Waals surface area contributed by atoms with Gasteiger partial charge in [0.2, 0.25) is 31.0 Å². The summed E-state index contributed by atoms with van der Waals surface area (Å²) in [6, 6.07) is 41.2. The number of carbonyl (C=O) groups excluding carboxylic acids is 4. The zero-order chi connectivity index (χ0) is 58.1. The number of sulfone groups is 2. The van der Waals surface area contributed by atoms with Crippen LogP contribution in [0.15, 0.2) is 146 Å². The number of benzene rings is 6. The maximum absolute atomic E-state index is 15.7. The number of rotatable bonds is 24. The molecule has 6 aromatic carbocycles. The molecule has 0 saturated heterocycles. The summed E-state index contributed by atoms with van der Waals surface area (Å²) in [7, 11) is -12.6. The number of amides is 4. The molecule has 0 aliphatic heterocycles. The van der Waals surface area contributed by atoms with Crippen molar-refractivity contribution in [3.63, 3.8) is 0 Å². The first-order chi connectivity index (χ1) is 37.0. The Morgan fingerprint density at radius 3 is 1.09 bits per heavy atom. The lowest BCUT2D eigenvalue weighted by Gasteiger charge is -2.34. The molecule has 424 valence electrons. The molecule has 0 aliphatic carbocycles. The molecule has 0 radical (unpaired) electrons. The molecule has 5 N–H and O–H groups in total. The highest BCUT2D eigenvalue weighted by Crippen LogP contribution is 2.51. The smallest absolute Gasteiger partial charge is 0.244 e. The highest BCUT2D eigenvalue weighted by Gasteiger charge is 2.45. The van der Waals surface area contributed by atoms with Crippen molar-refractivity contribution in [2.45, 2.75) is 128 Å².